The summed E-state index contributed by atoms with van der Waals surface area (Å²) in [6.45, 7) is -0.116. The molecule has 22 heavy (non-hydrogen) atoms. The van der Waals surface area contributed by atoms with Crippen molar-refractivity contribution in [2.24, 2.45) is 0 Å². The molecule has 1 amide bonds. The first kappa shape index (κ1) is 15.2. The van der Waals surface area contributed by atoms with E-state index >= 15 is 0 Å². The van der Waals surface area contributed by atoms with Crippen LogP contribution in [0.25, 0.3) is 6.08 Å². The maximum absolute atomic E-state index is 11.8. The molecule has 0 unspecified atom stereocenters. The molecule has 6 heteroatoms. The average Bonchev–Trinajstić information content (AvgIpc) is 2.53. The number of carbonyl (C=O) groups excluding carboxylic acids is 1. The predicted octanol–water partition coefficient (Wildman–Crippen LogP) is 3.05. The SMILES string of the molecule is O=C(C=Cc1ccccc1)Nc1ccc(CO[N+](=O)[O-])cc1. The molecule has 1 N–H and O–H groups in total. The third-order valence-corrected chi connectivity index (χ3v) is 2.78. The zero-order chi connectivity index (χ0) is 15.8. The standard InChI is InChI=1S/C16H14N2O4/c19-16(11-8-13-4-2-1-3-5-13)17-15-9-6-14(7-10-15)12-22-18(20)21/h1-11H,12H2,(H,17,19). The molecule has 112 valence electrons. The van der Waals surface area contributed by atoms with E-state index in [9.17, 15) is 14.9 Å². The quantitative estimate of drug-likeness (QED) is 0.505. The Kier molecular flexibility index (Phi) is 5.25. The number of anilines is 1. The lowest BCUT2D eigenvalue weighted by molar-refractivity contribution is -0.763. The number of carbonyl (C=O) groups is 1. The van der Waals surface area contributed by atoms with Gasteiger partial charge in [0.05, 0.1) is 0 Å². The summed E-state index contributed by atoms with van der Waals surface area (Å²) in [4.78, 5) is 26.1. The number of hydrogen-bond donors (Lipinski definition) is 1. The van der Waals surface area contributed by atoms with Crippen molar-refractivity contribution in [3.63, 3.8) is 0 Å². The van der Waals surface area contributed by atoms with Crippen LogP contribution in [0.15, 0.2) is 60.7 Å². The minimum absolute atomic E-state index is 0.116. The van der Waals surface area contributed by atoms with E-state index in [4.69, 9.17) is 0 Å². The number of amides is 1. The Bertz CT molecular complexity index is 666. The third kappa shape index (κ3) is 5.09. The van der Waals surface area contributed by atoms with Crippen LogP contribution in [0.2, 0.25) is 0 Å². The molecule has 0 radical (unpaired) electrons. The van der Waals surface area contributed by atoms with E-state index in [1.807, 2.05) is 30.3 Å². The Morgan fingerprint density at radius 2 is 1.82 bits per heavy atom. The highest BCUT2D eigenvalue weighted by Gasteiger charge is 2.00. The monoisotopic (exact) mass is 298 g/mol. The van der Waals surface area contributed by atoms with E-state index in [0.29, 0.717) is 11.3 Å². The van der Waals surface area contributed by atoms with Crippen LogP contribution in [0, 0.1) is 10.1 Å². The van der Waals surface area contributed by atoms with Gasteiger partial charge in [-0.1, -0.05) is 42.5 Å². The molecule has 2 aromatic rings. The molecule has 2 aromatic carbocycles. The summed E-state index contributed by atoms with van der Waals surface area (Å²) < 4.78 is 0. The molecule has 0 fully saturated rings. The van der Waals surface area contributed by atoms with Crippen molar-refractivity contribution in [3.8, 4) is 0 Å². The predicted molar refractivity (Wildman–Crippen MR) is 82.3 cm³/mol. The molecule has 0 saturated carbocycles. The van der Waals surface area contributed by atoms with E-state index in [1.54, 1.807) is 30.3 Å². The highest BCUT2D eigenvalue weighted by molar-refractivity contribution is 6.01. The number of rotatable bonds is 6. The summed E-state index contributed by atoms with van der Waals surface area (Å²) in [5.41, 5.74) is 2.19. The largest absolute Gasteiger partial charge is 0.323 e. The molecule has 0 atom stereocenters. The summed E-state index contributed by atoms with van der Waals surface area (Å²) >= 11 is 0. The van der Waals surface area contributed by atoms with Crippen molar-refractivity contribution < 1.29 is 14.7 Å². The molecule has 0 heterocycles. The minimum Gasteiger partial charge on any atom is -0.323 e. The van der Waals surface area contributed by atoms with Crippen molar-refractivity contribution in [1.82, 2.24) is 0 Å². The van der Waals surface area contributed by atoms with Gasteiger partial charge in [0.1, 0.15) is 6.61 Å². The maximum Gasteiger partial charge on any atom is 0.294 e. The summed E-state index contributed by atoms with van der Waals surface area (Å²) in [6, 6.07) is 16.1. The van der Waals surface area contributed by atoms with Crippen LogP contribution in [-0.4, -0.2) is 11.0 Å². The lowest BCUT2D eigenvalue weighted by atomic mass is 10.2. The molecule has 0 aliphatic carbocycles. The Morgan fingerprint density at radius 3 is 2.45 bits per heavy atom. The van der Waals surface area contributed by atoms with Crippen molar-refractivity contribution in [2.75, 3.05) is 5.32 Å². The molecule has 0 aliphatic heterocycles. The van der Waals surface area contributed by atoms with Crippen LogP contribution in [0.5, 0.6) is 0 Å². The van der Waals surface area contributed by atoms with E-state index in [0.717, 1.165) is 5.56 Å². The average molecular weight is 298 g/mol. The topological polar surface area (TPSA) is 81.5 Å². The fourth-order valence-corrected chi connectivity index (χ4v) is 1.73. The summed E-state index contributed by atoms with van der Waals surface area (Å²) in [5, 5.41) is 12.0. The van der Waals surface area contributed by atoms with Crippen LogP contribution < -0.4 is 5.32 Å². The van der Waals surface area contributed by atoms with Crippen molar-refractivity contribution in [1.29, 1.82) is 0 Å². The molecular formula is C16H14N2O4. The maximum atomic E-state index is 11.8. The lowest BCUT2D eigenvalue weighted by Gasteiger charge is -2.04. The molecular weight excluding hydrogens is 284 g/mol. The fourth-order valence-electron chi connectivity index (χ4n) is 1.73. The Hall–Kier alpha value is -3.15. The van der Waals surface area contributed by atoms with Gasteiger partial charge in [-0.3, -0.25) is 4.79 Å². The molecule has 6 nitrogen and oxygen atoms in total. The number of nitrogens with zero attached hydrogens (tertiary/aromatic N) is 1. The Morgan fingerprint density at radius 1 is 1.14 bits per heavy atom. The van der Waals surface area contributed by atoms with Crippen molar-refractivity contribution >= 4 is 17.7 Å². The number of hydrogen-bond acceptors (Lipinski definition) is 4. The van der Waals surface area contributed by atoms with Gasteiger partial charge in [0.2, 0.25) is 5.91 Å². The van der Waals surface area contributed by atoms with E-state index in [1.165, 1.54) is 6.08 Å². The van der Waals surface area contributed by atoms with Crippen molar-refractivity contribution in [3.05, 3.63) is 81.9 Å². The van der Waals surface area contributed by atoms with Crippen LogP contribution >= 0.6 is 0 Å². The van der Waals surface area contributed by atoms with Crippen molar-refractivity contribution in [2.45, 2.75) is 6.61 Å². The molecule has 0 saturated heterocycles. The molecule has 0 spiro atoms. The van der Waals surface area contributed by atoms with Gasteiger partial charge in [0.15, 0.2) is 0 Å². The Balaban J connectivity index is 1.89. The zero-order valence-corrected chi connectivity index (χ0v) is 11.6. The van der Waals surface area contributed by atoms with Gasteiger partial charge in [-0.05, 0) is 29.3 Å². The zero-order valence-electron chi connectivity index (χ0n) is 11.6. The lowest BCUT2D eigenvalue weighted by Crippen LogP contribution is -2.07. The molecule has 0 aromatic heterocycles. The van der Waals surface area contributed by atoms with Gasteiger partial charge >= 0.3 is 0 Å². The first-order valence-corrected chi connectivity index (χ1v) is 6.54. The summed E-state index contributed by atoms with van der Waals surface area (Å²) in [6.07, 6.45) is 3.16. The van der Waals surface area contributed by atoms with Gasteiger partial charge < -0.3 is 10.2 Å². The fraction of sp³-hybridized carbons (Fsp3) is 0.0625. The smallest absolute Gasteiger partial charge is 0.294 e. The summed E-state index contributed by atoms with van der Waals surface area (Å²) in [7, 11) is 0. The number of nitrogens with one attached hydrogen (secondary N) is 1. The van der Waals surface area contributed by atoms with Crippen LogP contribution in [-0.2, 0) is 16.2 Å². The van der Waals surface area contributed by atoms with Gasteiger partial charge in [0.25, 0.3) is 5.09 Å². The normalized spacial score (nSPS) is 10.4. The molecule has 2 rings (SSSR count). The molecule has 0 bridgehead atoms. The second-order valence-electron chi connectivity index (χ2n) is 4.43. The first-order chi connectivity index (χ1) is 10.6. The van der Waals surface area contributed by atoms with E-state index in [-0.39, 0.29) is 12.5 Å². The second-order valence-corrected chi connectivity index (χ2v) is 4.43. The van der Waals surface area contributed by atoms with E-state index in [2.05, 4.69) is 10.2 Å². The minimum atomic E-state index is -0.843. The van der Waals surface area contributed by atoms with Gasteiger partial charge in [-0.25, -0.2) is 0 Å². The third-order valence-electron chi connectivity index (χ3n) is 2.78. The summed E-state index contributed by atoms with van der Waals surface area (Å²) in [5.74, 6) is -0.252. The van der Waals surface area contributed by atoms with Gasteiger partial charge in [-0.15, -0.1) is 10.1 Å². The van der Waals surface area contributed by atoms with Crippen LogP contribution in [0.4, 0.5) is 5.69 Å². The van der Waals surface area contributed by atoms with Gasteiger partial charge in [0, 0.05) is 11.8 Å². The van der Waals surface area contributed by atoms with Crippen LogP contribution in [0.3, 0.4) is 0 Å². The van der Waals surface area contributed by atoms with Gasteiger partial charge in [-0.2, -0.15) is 0 Å². The first-order valence-electron chi connectivity index (χ1n) is 6.54. The highest BCUT2D eigenvalue weighted by Crippen LogP contribution is 2.11. The van der Waals surface area contributed by atoms with E-state index < -0.39 is 5.09 Å². The molecule has 0 aliphatic rings. The van der Waals surface area contributed by atoms with Crippen LogP contribution in [0.1, 0.15) is 11.1 Å². The Labute approximate surface area is 127 Å². The highest BCUT2D eigenvalue weighted by atomic mass is 16.9. The second kappa shape index (κ2) is 7.58. The number of benzene rings is 2.